The predicted octanol–water partition coefficient (Wildman–Crippen LogP) is 3.34. The van der Waals surface area contributed by atoms with Crippen LogP contribution in [0.2, 0.25) is 0 Å². The highest BCUT2D eigenvalue weighted by atomic mass is 16.2. The van der Waals surface area contributed by atoms with Crippen molar-refractivity contribution in [2.45, 2.75) is 72.6 Å². The summed E-state index contributed by atoms with van der Waals surface area (Å²) >= 11 is 0. The summed E-state index contributed by atoms with van der Waals surface area (Å²) < 4.78 is 0. The normalized spacial score (nSPS) is 19.4. The molecule has 1 unspecified atom stereocenters. The Labute approximate surface area is 128 Å². The zero-order chi connectivity index (χ0) is 16.0. The van der Waals surface area contributed by atoms with E-state index >= 15 is 0 Å². The van der Waals surface area contributed by atoms with Crippen molar-refractivity contribution in [3.63, 3.8) is 0 Å². The van der Waals surface area contributed by atoms with Gasteiger partial charge in [-0.3, -0.25) is 14.5 Å². The molecule has 1 aliphatic rings. The van der Waals surface area contributed by atoms with Gasteiger partial charge in [-0.15, -0.1) is 0 Å². The number of nitrogens with zero attached hydrogens (tertiary/aromatic N) is 1. The SMILES string of the molecule is CCCC(C)(C)C1CC(=O)N(CCCCCC(C)=O)C1=O. The molecule has 0 aromatic rings. The summed E-state index contributed by atoms with van der Waals surface area (Å²) in [5, 5.41) is 0. The summed E-state index contributed by atoms with van der Waals surface area (Å²) in [6.07, 6.45) is 5.47. The van der Waals surface area contributed by atoms with E-state index in [4.69, 9.17) is 0 Å². The van der Waals surface area contributed by atoms with Crippen molar-refractivity contribution in [3.8, 4) is 0 Å². The maximum atomic E-state index is 12.5. The minimum absolute atomic E-state index is 0.00465. The van der Waals surface area contributed by atoms with Gasteiger partial charge < -0.3 is 4.79 Å². The largest absolute Gasteiger partial charge is 0.300 e. The molecule has 2 amide bonds. The van der Waals surface area contributed by atoms with Crippen LogP contribution in [0.1, 0.15) is 72.6 Å². The fraction of sp³-hybridized carbons (Fsp3) is 0.824. The van der Waals surface area contributed by atoms with Gasteiger partial charge in [0, 0.05) is 19.4 Å². The number of rotatable bonds is 9. The molecule has 1 heterocycles. The van der Waals surface area contributed by atoms with Gasteiger partial charge in [-0.25, -0.2) is 0 Å². The van der Waals surface area contributed by atoms with E-state index in [1.165, 1.54) is 4.90 Å². The Hall–Kier alpha value is -1.19. The molecule has 4 nitrogen and oxygen atoms in total. The van der Waals surface area contributed by atoms with Crippen LogP contribution in [0.3, 0.4) is 0 Å². The summed E-state index contributed by atoms with van der Waals surface area (Å²) in [4.78, 5) is 36.8. The van der Waals surface area contributed by atoms with Crippen molar-refractivity contribution in [3.05, 3.63) is 0 Å². The number of carbonyl (C=O) groups is 3. The Balaban J connectivity index is 2.48. The highest BCUT2D eigenvalue weighted by Crippen LogP contribution is 2.39. The number of amides is 2. The number of Topliss-reactive ketones (excluding diaryl/α,β-unsaturated/α-hetero) is 1. The number of hydrogen-bond donors (Lipinski definition) is 0. The van der Waals surface area contributed by atoms with Crippen LogP contribution in [-0.2, 0) is 14.4 Å². The number of likely N-dealkylation sites (tertiary alicyclic amines) is 1. The fourth-order valence-corrected chi connectivity index (χ4v) is 3.17. The number of carbonyl (C=O) groups excluding carboxylic acids is 3. The van der Waals surface area contributed by atoms with Gasteiger partial charge >= 0.3 is 0 Å². The summed E-state index contributed by atoms with van der Waals surface area (Å²) in [6, 6.07) is 0. The highest BCUT2D eigenvalue weighted by Gasteiger charge is 2.45. The highest BCUT2D eigenvalue weighted by molar-refractivity contribution is 6.03. The van der Waals surface area contributed by atoms with Crippen LogP contribution in [0.15, 0.2) is 0 Å². The van der Waals surface area contributed by atoms with Gasteiger partial charge in [-0.05, 0) is 31.6 Å². The Morgan fingerprint density at radius 2 is 1.90 bits per heavy atom. The standard InChI is InChI=1S/C17H29NO3/c1-5-10-17(3,4)14-12-15(20)18(16(14)21)11-8-6-7-9-13(2)19/h14H,5-12H2,1-4H3. The van der Waals surface area contributed by atoms with Gasteiger partial charge in [0.2, 0.25) is 11.8 Å². The quantitative estimate of drug-likeness (QED) is 0.484. The van der Waals surface area contributed by atoms with E-state index in [1.54, 1.807) is 6.92 Å². The van der Waals surface area contributed by atoms with Crippen molar-refractivity contribution in [1.82, 2.24) is 4.90 Å². The molecule has 0 saturated carbocycles. The molecule has 1 aliphatic heterocycles. The lowest BCUT2D eigenvalue weighted by Crippen LogP contribution is -2.35. The Kier molecular flexibility index (Phi) is 6.56. The smallest absolute Gasteiger partial charge is 0.233 e. The second-order valence-electron chi connectivity index (χ2n) is 6.89. The molecule has 0 spiro atoms. The molecule has 1 saturated heterocycles. The number of hydrogen-bond acceptors (Lipinski definition) is 3. The van der Waals surface area contributed by atoms with E-state index in [2.05, 4.69) is 20.8 Å². The molecular weight excluding hydrogens is 266 g/mol. The Morgan fingerprint density at radius 3 is 2.48 bits per heavy atom. The summed E-state index contributed by atoms with van der Waals surface area (Å²) in [6.45, 7) is 8.38. The molecule has 0 bridgehead atoms. The Morgan fingerprint density at radius 1 is 1.24 bits per heavy atom. The molecule has 0 aromatic heterocycles. The van der Waals surface area contributed by atoms with Crippen molar-refractivity contribution in [1.29, 1.82) is 0 Å². The van der Waals surface area contributed by atoms with E-state index in [0.717, 1.165) is 32.1 Å². The van der Waals surface area contributed by atoms with Crippen LogP contribution < -0.4 is 0 Å². The molecule has 1 fully saturated rings. The lowest BCUT2D eigenvalue weighted by atomic mass is 9.74. The maximum Gasteiger partial charge on any atom is 0.233 e. The molecule has 0 N–H and O–H groups in total. The van der Waals surface area contributed by atoms with Gasteiger partial charge in [0.05, 0.1) is 5.92 Å². The van der Waals surface area contributed by atoms with Crippen LogP contribution in [0, 0.1) is 11.3 Å². The third-order valence-electron chi connectivity index (χ3n) is 4.49. The van der Waals surface area contributed by atoms with Crippen molar-refractivity contribution in [2.75, 3.05) is 6.54 Å². The van der Waals surface area contributed by atoms with Crippen LogP contribution in [0.25, 0.3) is 0 Å². The molecule has 21 heavy (non-hydrogen) atoms. The first-order valence-electron chi connectivity index (χ1n) is 8.13. The average Bonchev–Trinajstić information content (AvgIpc) is 2.66. The minimum Gasteiger partial charge on any atom is -0.300 e. The molecule has 0 aromatic carbocycles. The average molecular weight is 295 g/mol. The van der Waals surface area contributed by atoms with Crippen LogP contribution in [-0.4, -0.2) is 29.0 Å². The first-order chi connectivity index (χ1) is 9.79. The zero-order valence-electron chi connectivity index (χ0n) is 13.9. The zero-order valence-corrected chi connectivity index (χ0v) is 13.9. The second kappa shape index (κ2) is 7.71. The monoisotopic (exact) mass is 295 g/mol. The lowest BCUT2D eigenvalue weighted by Gasteiger charge is -2.29. The van der Waals surface area contributed by atoms with Crippen LogP contribution in [0.4, 0.5) is 0 Å². The molecule has 1 rings (SSSR count). The number of ketones is 1. The lowest BCUT2D eigenvalue weighted by molar-refractivity contribution is -0.140. The van der Waals surface area contributed by atoms with E-state index in [1.807, 2.05) is 0 Å². The third kappa shape index (κ3) is 4.94. The third-order valence-corrected chi connectivity index (χ3v) is 4.49. The molecule has 120 valence electrons. The first-order valence-corrected chi connectivity index (χ1v) is 8.13. The van der Waals surface area contributed by atoms with Crippen LogP contribution >= 0.6 is 0 Å². The summed E-state index contributed by atoms with van der Waals surface area (Å²) in [5.41, 5.74) is -0.106. The van der Waals surface area contributed by atoms with Gasteiger partial charge in [-0.1, -0.05) is 33.6 Å². The predicted molar refractivity (Wildman–Crippen MR) is 82.7 cm³/mol. The summed E-state index contributed by atoms with van der Waals surface area (Å²) in [5.74, 6) is 0.0117. The fourth-order valence-electron chi connectivity index (χ4n) is 3.17. The van der Waals surface area contributed by atoms with Gasteiger partial charge in [-0.2, -0.15) is 0 Å². The van der Waals surface area contributed by atoms with E-state index in [0.29, 0.717) is 19.4 Å². The molecule has 0 radical (unpaired) electrons. The molecule has 4 heteroatoms. The van der Waals surface area contributed by atoms with E-state index in [9.17, 15) is 14.4 Å². The number of imide groups is 1. The van der Waals surface area contributed by atoms with Crippen molar-refractivity contribution < 1.29 is 14.4 Å². The van der Waals surface area contributed by atoms with Crippen molar-refractivity contribution >= 4 is 17.6 Å². The molecular formula is C17H29NO3. The maximum absolute atomic E-state index is 12.5. The van der Waals surface area contributed by atoms with Gasteiger partial charge in [0.15, 0.2) is 0 Å². The van der Waals surface area contributed by atoms with E-state index < -0.39 is 0 Å². The van der Waals surface area contributed by atoms with Crippen molar-refractivity contribution in [2.24, 2.45) is 11.3 Å². The summed E-state index contributed by atoms with van der Waals surface area (Å²) in [7, 11) is 0. The first kappa shape index (κ1) is 17.9. The number of unbranched alkanes of at least 4 members (excludes halogenated alkanes) is 2. The molecule has 0 aliphatic carbocycles. The topological polar surface area (TPSA) is 54.5 Å². The van der Waals surface area contributed by atoms with E-state index in [-0.39, 0.29) is 28.9 Å². The Bertz CT molecular complexity index is 401. The molecule has 1 atom stereocenters. The second-order valence-corrected chi connectivity index (χ2v) is 6.89. The van der Waals surface area contributed by atoms with Crippen LogP contribution in [0.5, 0.6) is 0 Å². The van der Waals surface area contributed by atoms with Gasteiger partial charge in [0.1, 0.15) is 5.78 Å². The minimum atomic E-state index is -0.165. The van der Waals surface area contributed by atoms with Gasteiger partial charge in [0.25, 0.3) is 0 Å².